The van der Waals surface area contributed by atoms with Crippen molar-refractivity contribution in [1.29, 1.82) is 0 Å². The molecule has 2 rings (SSSR count). The molecular weight excluding hydrogens is 248 g/mol. The van der Waals surface area contributed by atoms with Gasteiger partial charge in [-0.05, 0) is 35.2 Å². The van der Waals surface area contributed by atoms with Gasteiger partial charge < -0.3 is 5.11 Å². The van der Waals surface area contributed by atoms with Crippen molar-refractivity contribution >= 4 is 29.2 Å². The molecule has 18 heavy (non-hydrogen) atoms. The zero-order valence-electron chi connectivity index (χ0n) is 9.37. The number of hydrogen-bond acceptors (Lipinski definition) is 3. The number of carbonyl (C=O) groups is 2. The van der Waals surface area contributed by atoms with Gasteiger partial charge in [0.25, 0.3) is 0 Å². The molecule has 0 unspecified atom stereocenters. The van der Waals surface area contributed by atoms with Crippen LogP contribution in [-0.2, 0) is 0 Å². The number of allylic oxidation sites excluding steroid dienone is 1. The summed E-state index contributed by atoms with van der Waals surface area (Å²) < 4.78 is 0. The molecule has 1 heterocycles. The first-order valence-electron chi connectivity index (χ1n) is 5.26. The van der Waals surface area contributed by atoms with Crippen molar-refractivity contribution in [3.63, 3.8) is 0 Å². The first-order valence-corrected chi connectivity index (χ1v) is 6.14. The lowest BCUT2D eigenvalue weighted by molar-refractivity contribution is 0.0696. The SMILES string of the molecule is O=C(O)c1ccc(C=CC(=O)c2cccs2)cc1. The lowest BCUT2D eigenvalue weighted by Crippen LogP contribution is -1.95. The molecule has 0 amide bonds. The number of ketones is 1. The van der Waals surface area contributed by atoms with Crippen LogP contribution in [0.2, 0.25) is 0 Å². The molecule has 0 saturated carbocycles. The third-order valence-electron chi connectivity index (χ3n) is 2.35. The van der Waals surface area contributed by atoms with Crippen molar-refractivity contribution in [3.8, 4) is 0 Å². The predicted molar refractivity (Wildman–Crippen MR) is 71.1 cm³/mol. The third kappa shape index (κ3) is 2.93. The van der Waals surface area contributed by atoms with Gasteiger partial charge in [-0.1, -0.05) is 24.3 Å². The van der Waals surface area contributed by atoms with Crippen molar-refractivity contribution in [3.05, 3.63) is 63.9 Å². The predicted octanol–water partition coefficient (Wildman–Crippen LogP) is 3.34. The molecule has 0 atom stereocenters. The molecule has 0 fully saturated rings. The van der Waals surface area contributed by atoms with Gasteiger partial charge in [0.15, 0.2) is 5.78 Å². The number of rotatable bonds is 4. The third-order valence-corrected chi connectivity index (χ3v) is 3.23. The monoisotopic (exact) mass is 258 g/mol. The molecule has 1 aromatic heterocycles. The van der Waals surface area contributed by atoms with E-state index in [2.05, 4.69) is 0 Å². The van der Waals surface area contributed by atoms with Gasteiger partial charge in [-0.2, -0.15) is 0 Å². The summed E-state index contributed by atoms with van der Waals surface area (Å²) in [5.74, 6) is -1.01. The van der Waals surface area contributed by atoms with E-state index in [1.165, 1.54) is 29.5 Å². The molecule has 0 saturated heterocycles. The minimum Gasteiger partial charge on any atom is -0.478 e. The van der Waals surface area contributed by atoms with Crippen LogP contribution in [0.3, 0.4) is 0 Å². The van der Waals surface area contributed by atoms with Crippen LogP contribution in [0.15, 0.2) is 47.9 Å². The summed E-state index contributed by atoms with van der Waals surface area (Å²) in [6.07, 6.45) is 3.16. The largest absolute Gasteiger partial charge is 0.478 e. The van der Waals surface area contributed by atoms with E-state index < -0.39 is 5.97 Å². The normalized spacial score (nSPS) is 10.7. The van der Waals surface area contributed by atoms with Gasteiger partial charge in [-0.25, -0.2) is 4.79 Å². The number of hydrogen-bond donors (Lipinski definition) is 1. The Balaban J connectivity index is 2.09. The number of carbonyl (C=O) groups excluding carboxylic acids is 1. The second-order valence-corrected chi connectivity index (χ2v) is 4.55. The summed E-state index contributed by atoms with van der Waals surface area (Å²) in [7, 11) is 0. The molecule has 0 aliphatic rings. The van der Waals surface area contributed by atoms with Crippen LogP contribution in [0, 0.1) is 0 Å². The van der Waals surface area contributed by atoms with E-state index in [1.807, 2.05) is 11.4 Å². The first-order chi connectivity index (χ1) is 8.66. The summed E-state index contributed by atoms with van der Waals surface area (Å²) in [4.78, 5) is 23.0. The average Bonchev–Trinajstić information content (AvgIpc) is 2.90. The van der Waals surface area contributed by atoms with Crippen LogP contribution in [0.5, 0.6) is 0 Å². The van der Waals surface area contributed by atoms with Gasteiger partial charge >= 0.3 is 5.97 Å². The number of carboxylic acid groups (broad SMARTS) is 1. The molecular formula is C14H10O3S. The topological polar surface area (TPSA) is 54.4 Å². The lowest BCUT2D eigenvalue weighted by atomic mass is 10.1. The standard InChI is InChI=1S/C14H10O3S/c15-12(13-2-1-9-18-13)8-5-10-3-6-11(7-4-10)14(16)17/h1-9H,(H,16,17). The molecule has 0 radical (unpaired) electrons. The summed E-state index contributed by atoms with van der Waals surface area (Å²) in [6, 6.07) is 9.96. The van der Waals surface area contributed by atoms with Crippen molar-refractivity contribution in [2.24, 2.45) is 0 Å². The maximum absolute atomic E-state index is 11.7. The Labute approximate surface area is 108 Å². The summed E-state index contributed by atoms with van der Waals surface area (Å²) in [6.45, 7) is 0. The molecule has 2 aromatic rings. The minimum atomic E-state index is -0.958. The molecule has 90 valence electrons. The molecule has 4 heteroatoms. The highest BCUT2D eigenvalue weighted by molar-refractivity contribution is 7.12. The highest BCUT2D eigenvalue weighted by atomic mass is 32.1. The zero-order chi connectivity index (χ0) is 13.0. The Morgan fingerprint density at radius 1 is 1.11 bits per heavy atom. The van der Waals surface area contributed by atoms with E-state index in [-0.39, 0.29) is 11.3 Å². The lowest BCUT2D eigenvalue weighted by Gasteiger charge is -1.95. The van der Waals surface area contributed by atoms with Crippen LogP contribution in [-0.4, -0.2) is 16.9 Å². The van der Waals surface area contributed by atoms with Crippen LogP contribution < -0.4 is 0 Å². The Bertz CT molecular complexity index is 580. The molecule has 3 nitrogen and oxygen atoms in total. The maximum atomic E-state index is 11.7. The Hall–Kier alpha value is -2.20. The fourth-order valence-corrected chi connectivity index (χ4v) is 2.05. The molecule has 1 N–H and O–H groups in total. The molecule has 0 spiro atoms. The second kappa shape index (κ2) is 5.42. The molecule has 1 aromatic carbocycles. The Morgan fingerprint density at radius 3 is 2.39 bits per heavy atom. The number of benzene rings is 1. The summed E-state index contributed by atoms with van der Waals surface area (Å²) in [5, 5.41) is 10.6. The van der Waals surface area contributed by atoms with Crippen molar-refractivity contribution in [2.75, 3.05) is 0 Å². The van der Waals surface area contributed by atoms with Crippen molar-refractivity contribution in [2.45, 2.75) is 0 Å². The van der Waals surface area contributed by atoms with Gasteiger partial charge in [-0.15, -0.1) is 11.3 Å². The van der Waals surface area contributed by atoms with Gasteiger partial charge in [0.05, 0.1) is 10.4 Å². The smallest absolute Gasteiger partial charge is 0.335 e. The molecule has 0 bridgehead atoms. The molecule has 0 aliphatic carbocycles. The second-order valence-electron chi connectivity index (χ2n) is 3.60. The Kier molecular flexibility index (Phi) is 3.69. The van der Waals surface area contributed by atoms with Crippen LogP contribution in [0.25, 0.3) is 6.08 Å². The zero-order valence-corrected chi connectivity index (χ0v) is 10.2. The van der Waals surface area contributed by atoms with Crippen LogP contribution >= 0.6 is 11.3 Å². The van der Waals surface area contributed by atoms with Crippen LogP contribution in [0.4, 0.5) is 0 Å². The van der Waals surface area contributed by atoms with Gasteiger partial charge in [0.2, 0.25) is 0 Å². The fourth-order valence-electron chi connectivity index (χ4n) is 1.41. The number of thiophene rings is 1. The first kappa shape index (κ1) is 12.3. The van der Waals surface area contributed by atoms with E-state index in [9.17, 15) is 9.59 Å². The molecule has 0 aliphatic heterocycles. The van der Waals surface area contributed by atoms with Gasteiger partial charge in [0.1, 0.15) is 0 Å². The quantitative estimate of drug-likeness (QED) is 0.676. The summed E-state index contributed by atoms with van der Waals surface area (Å²) in [5.41, 5.74) is 1.03. The maximum Gasteiger partial charge on any atom is 0.335 e. The average molecular weight is 258 g/mol. The van der Waals surface area contributed by atoms with E-state index in [1.54, 1.807) is 24.3 Å². The van der Waals surface area contributed by atoms with Crippen molar-refractivity contribution < 1.29 is 14.7 Å². The fraction of sp³-hybridized carbons (Fsp3) is 0. The highest BCUT2D eigenvalue weighted by Crippen LogP contribution is 2.12. The number of carboxylic acids is 1. The van der Waals surface area contributed by atoms with E-state index in [0.717, 1.165) is 5.56 Å². The van der Waals surface area contributed by atoms with Crippen LogP contribution in [0.1, 0.15) is 25.6 Å². The van der Waals surface area contributed by atoms with Gasteiger partial charge in [0, 0.05) is 0 Å². The van der Waals surface area contributed by atoms with Gasteiger partial charge in [-0.3, -0.25) is 4.79 Å². The van der Waals surface area contributed by atoms with E-state index in [4.69, 9.17) is 5.11 Å². The highest BCUT2D eigenvalue weighted by Gasteiger charge is 2.02. The number of aromatic carboxylic acids is 1. The van der Waals surface area contributed by atoms with E-state index >= 15 is 0 Å². The van der Waals surface area contributed by atoms with Crippen molar-refractivity contribution in [1.82, 2.24) is 0 Å². The minimum absolute atomic E-state index is 0.0488. The summed E-state index contributed by atoms with van der Waals surface area (Å²) >= 11 is 1.39. The Morgan fingerprint density at radius 2 is 1.83 bits per heavy atom. The van der Waals surface area contributed by atoms with E-state index in [0.29, 0.717) is 4.88 Å².